The van der Waals surface area contributed by atoms with Crippen LogP contribution in [0.4, 0.5) is 4.79 Å². The van der Waals surface area contributed by atoms with Crippen LogP contribution in [0.3, 0.4) is 0 Å². The number of pyridine rings is 1. The van der Waals surface area contributed by atoms with Crippen molar-refractivity contribution in [2.45, 2.75) is 19.4 Å². The molecule has 19 heavy (non-hydrogen) atoms. The molecule has 4 heteroatoms. The third-order valence-corrected chi connectivity index (χ3v) is 2.76. The third-order valence-electron chi connectivity index (χ3n) is 2.76. The van der Waals surface area contributed by atoms with Gasteiger partial charge in [0.1, 0.15) is 5.75 Å². The van der Waals surface area contributed by atoms with E-state index in [1.54, 1.807) is 24.5 Å². The average Bonchev–Trinajstić information content (AvgIpc) is 2.47. The summed E-state index contributed by atoms with van der Waals surface area (Å²) in [7, 11) is 0. The molecule has 2 rings (SSSR count). The minimum absolute atomic E-state index is 0.0702. The molecule has 98 valence electrons. The van der Waals surface area contributed by atoms with Crippen molar-refractivity contribution in [3.8, 4) is 5.75 Å². The van der Waals surface area contributed by atoms with E-state index in [1.807, 2.05) is 37.3 Å². The van der Waals surface area contributed by atoms with Crippen LogP contribution in [0.5, 0.6) is 5.75 Å². The molecule has 0 aliphatic rings. The molecule has 1 amide bonds. The highest BCUT2D eigenvalue weighted by Gasteiger charge is 2.13. The topological polar surface area (TPSA) is 51.2 Å². The Kier molecular flexibility index (Phi) is 4.50. The number of rotatable bonds is 4. The van der Waals surface area contributed by atoms with Gasteiger partial charge in [-0.1, -0.05) is 25.1 Å². The summed E-state index contributed by atoms with van der Waals surface area (Å²) in [5.41, 5.74) is 1.02. The first kappa shape index (κ1) is 13.1. The fourth-order valence-electron chi connectivity index (χ4n) is 1.78. The maximum atomic E-state index is 11.8. The monoisotopic (exact) mass is 256 g/mol. The summed E-state index contributed by atoms with van der Waals surface area (Å²) < 4.78 is 5.20. The minimum atomic E-state index is -0.449. The second-order valence-corrected chi connectivity index (χ2v) is 4.09. The van der Waals surface area contributed by atoms with Crippen LogP contribution in [0.2, 0.25) is 0 Å². The SMILES string of the molecule is CC[C@@H](NC(=O)Oc1ccccc1)c1ccncc1. The molecule has 0 aliphatic heterocycles. The van der Waals surface area contributed by atoms with Crippen LogP contribution in [0.1, 0.15) is 24.9 Å². The smallest absolute Gasteiger partial charge is 0.410 e. The van der Waals surface area contributed by atoms with E-state index in [1.165, 1.54) is 0 Å². The van der Waals surface area contributed by atoms with Crippen LogP contribution in [0, 0.1) is 0 Å². The lowest BCUT2D eigenvalue weighted by Gasteiger charge is -2.16. The molecule has 1 aromatic carbocycles. The average molecular weight is 256 g/mol. The van der Waals surface area contributed by atoms with Gasteiger partial charge in [0, 0.05) is 12.4 Å². The van der Waals surface area contributed by atoms with Crippen molar-refractivity contribution in [1.29, 1.82) is 0 Å². The largest absolute Gasteiger partial charge is 0.413 e. The molecular formula is C15H16N2O2. The third kappa shape index (κ3) is 3.81. The normalized spacial score (nSPS) is 11.6. The van der Waals surface area contributed by atoms with Crippen LogP contribution in [0.25, 0.3) is 0 Å². The molecule has 0 unspecified atom stereocenters. The van der Waals surface area contributed by atoms with Gasteiger partial charge in [-0.15, -0.1) is 0 Å². The Morgan fingerprint density at radius 3 is 2.53 bits per heavy atom. The highest BCUT2D eigenvalue weighted by molar-refractivity contribution is 5.70. The molecule has 0 saturated heterocycles. The van der Waals surface area contributed by atoms with E-state index in [0.717, 1.165) is 12.0 Å². The van der Waals surface area contributed by atoms with Crippen molar-refractivity contribution in [2.24, 2.45) is 0 Å². The van der Waals surface area contributed by atoms with Gasteiger partial charge in [-0.25, -0.2) is 4.79 Å². The number of benzene rings is 1. The van der Waals surface area contributed by atoms with E-state index in [-0.39, 0.29) is 6.04 Å². The first-order chi connectivity index (χ1) is 9.29. The van der Waals surface area contributed by atoms with Gasteiger partial charge in [-0.05, 0) is 36.2 Å². The number of carbonyl (C=O) groups is 1. The lowest BCUT2D eigenvalue weighted by atomic mass is 10.1. The Morgan fingerprint density at radius 2 is 1.89 bits per heavy atom. The van der Waals surface area contributed by atoms with E-state index in [9.17, 15) is 4.79 Å². The Bertz CT molecular complexity index is 514. The van der Waals surface area contributed by atoms with Crippen molar-refractivity contribution in [1.82, 2.24) is 10.3 Å². The van der Waals surface area contributed by atoms with Crippen molar-refractivity contribution in [3.63, 3.8) is 0 Å². The van der Waals surface area contributed by atoms with Crippen LogP contribution in [-0.2, 0) is 0 Å². The summed E-state index contributed by atoms with van der Waals surface area (Å²) in [5.74, 6) is 0.532. The molecule has 1 atom stereocenters. The Labute approximate surface area is 112 Å². The van der Waals surface area contributed by atoms with Crippen LogP contribution < -0.4 is 10.1 Å². The molecule has 0 saturated carbocycles. The van der Waals surface area contributed by atoms with E-state index in [4.69, 9.17) is 4.74 Å². The van der Waals surface area contributed by atoms with Crippen LogP contribution in [0.15, 0.2) is 54.9 Å². The first-order valence-corrected chi connectivity index (χ1v) is 6.23. The van der Waals surface area contributed by atoms with E-state index in [2.05, 4.69) is 10.3 Å². The zero-order valence-electron chi connectivity index (χ0n) is 10.7. The van der Waals surface area contributed by atoms with Gasteiger partial charge >= 0.3 is 6.09 Å². The van der Waals surface area contributed by atoms with Crippen molar-refractivity contribution in [3.05, 3.63) is 60.4 Å². The predicted molar refractivity (Wildman–Crippen MR) is 72.9 cm³/mol. The highest BCUT2D eigenvalue weighted by Crippen LogP contribution is 2.16. The van der Waals surface area contributed by atoms with Crippen molar-refractivity contribution >= 4 is 6.09 Å². The predicted octanol–water partition coefficient (Wildman–Crippen LogP) is 3.32. The van der Waals surface area contributed by atoms with Crippen molar-refractivity contribution in [2.75, 3.05) is 0 Å². The molecule has 0 bridgehead atoms. The lowest BCUT2D eigenvalue weighted by Crippen LogP contribution is -2.30. The van der Waals surface area contributed by atoms with Crippen molar-refractivity contribution < 1.29 is 9.53 Å². The van der Waals surface area contributed by atoms with Gasteiger partial charge in [-0.3, -0.25) is 4.98 Å². The molecule has 0 radical (unpaired) electrons. The number of nitrogens with zero attached hydrogens (tertiary/aromatic N) is 1. The standard InChI is InChI=1S/C15H16N2O2/c1-2-14(12-8-10-16-11-9-12)17-15(18)19-13-6-4-3-5-7-13/h3-11,14H,2H2,1H3,(H,17,18)/t14-/m1/s1. The molecule has 0 fully saturated rings. The number of nitrogens with one attached hydrogen (secondary N) is 1. The van der Waals surface area contributed by atoms with Gasteiger partial charge < -0.3 is 10.1 Å². The number of para-hydroxylation sites is 1. The van der Waals surface area contributed by atoms with Gasteiger partial charge in [0.15, 0.2) is 0 Å². The van der Waals surface area contributed by atoms with Gasteiger partial charge in [-0.2, -0.15) is 0 Å². The highest BCUT2D eigenvalue weighted by atomic mass is 16.6. The zero-order valence-corrected chi connectivity index (χ0v) is 10.7. The second-order valence-electron chi connectivity index (χ2n) is 4.09. The Morgan fingerprint density at radius 1 is 1.21 bits per heavy atom. The summed E-state index contributed by atoms with van der Waals surface area (Å²) in [6, 6.07) is 12.7. The number of aromatic nitrogens is 1. The fraction of sp³-hybridized carbons (Fsp3) is 0.200. The second kappa shape index (κ2) is 6.54. The maximum Gasteiger partial charge on any atom is 0.413 e. The van der Waals surface area contributed by atoms with Gasteiger partial charge in [0.05, 0.1) is 6.04 Å². The molecule has 1 N–H and O–H groups in total. The molecule has 4 nitrogen and oxygen atoms in total. The van der Waals surface area contributed by atoms with E-state index in [0.29, 0.717) is 5.75 Å². The molecular weight excluding hydrogens is 240 g/mol. The molecule has 0 aliphatic carbocycles. The zero-order chi connectivity index (χ0) is 13.5. The summed E-state index contributed by atoms with van der Waals surface area (Å²) in [5, 5.41) is 2.84. The van der Waals surface area contributed by atoms with Gasteiger partial charge in [0.25, 0.3) is 0 Å². The lowest BCUT2D eigenvalue weighted by molar-refractivity contribution is 0.195. The Balaban J connectivity index is 1.97. The number of carbonyl (C=O) groups excluding carboxylic acids is 1. The summed E-state index contributed by atoms with van der Waals surface area (Å²) >= 11 is 0. The molecule has 2 aromatic rings. The van der Waals surface area contributed by atoms with E-state index >= 15 is 0 Å². The number of amides is 1. The van der Waals surface area contributed by atoms with Crippen LogP contribution >= 0.6 is 0 Å². The number of hydrogen-bond donors (Lipinski definition) is 1. The summed E-state index contributed by atoms with van der Waals surface area (Å²) in [6.45, 7) is 2.01. The molecule has 1 aromatic heterocycles. The van der Waals surface area contributed by atoms with E-state index < -0.39 is 6.09 Å². The van der Waals surface area contributed by atoms with Gasteiger partial charge in [0.2, 0.25) is 0 Å². The Hall–Kier alpha value is -2.36. The number of hydrogen-bond acceptors (Lipinski definition) is 3. The van der Waals surface area contributed by atoms with Crippen LogP contribution in [-0.4, -0.2) is 11.1 Å². The quantitative estimate of drug-likeness (QED) is 0.913. The number of ether oxygens (including phenoxy) is 1. The summed E-state index contributed by atoms with van der Waals surface area (Å²) in [6.07, 6.45) is 3.76. The molecule has 0 spiro atoms. The minimum Gasteiger partial charge on any atom is -0.410 e. The molecule has 1 heterocycles. The summed E-state index contributed by atoms with van der Waals surface area (Å²) in [4.78, 5) is 15.8. The maximum absolute atomic E-state index is 11.8. The first-order valence-electron chi connectivity index (χ1n) is 6.23. The fourth-order valence-corrected chi connectivity index (χ4v) is 1.78.